The predicted molar refractivity (Wildman–Crippen MR) is 79.8 cm³/mol. The first-order valence-corrected chi connectivity index (χ1v) is 8.58. The summed E-state index contributed by atoms with van der Waals surface area (Å²) in [5.41, 5.74) is 0.365. The second kappa shape index (κ2) is 5.23. The summed E-state index contributed by atoms with van der Waals surface area (Å²) in [7, 11) is -0.331. The maximum Gasteiger partial charge on any atom is 0.242 e. The molecule has 2 saturated heterocycles. The van der Waals surface area contributed by atoms with E-state index in [1.165, 1.54) is 18.4 Å². The maximum atomic E-state index is 12.2. The molecule has 0 unspecified atom stereocenters. The molecule has 7 heteroatoms. The van der Waals surface area contributed by atoms with Crippen molar-refractivity contribution in [3.63, 3.8) is 0 Å². The lowest BCUT2D eigenvalue weighted by Crippen LogP contribution is -2.51. The van der Waals surface area contributed by atoms with E-state index in [0.29, 0.717) is 10.3 Å². The zero-order valence-electron chi connectivity index (χ0n) is 12.4. The van der Waals surface area contributed by atoms with E-state index in [2.05, 4.69) is 9.88 Å². The average Bonchev–Trinajstić information content (AvgIpc) is 2.46. The van der Waals surface area contributed by atoms with Gasteiger partial charge in [0.2, 0.25) is 10.0 Å². The standard InChI is InChI=1S/C14H21N3O3S/c1-16(2)21(18,19)12-3-6-15-13(9-12)17-7-4-14(5-8-17)10-20-11-14/h3,6,9H,4-5,7-8,10-11H2,1-2H3. The normalized spacial score (nSPS) is 21.6. The number of aromatic nitrogens is 1. The van der Waals surface area contributed by atoms with Crippen LogP contribution in [-0.4, -0.2) is 58.1 Å². The van der Waals surface area contributed by atoms with Gasteiger partial charge < -0.3 is 9.64 Å². The third-order valence-electron chi connectivity index (χ3n) is 4.46. The van der Waals surface area contributed by atoms with Gasteiger partial charge in [-0.05, 0) is 18.9 Å². The SMILES string of the molecule is CN(C)S(=O)(=O)c1ccnc(N2CCC3(CC2)COC3)c1. The van der Waals surface area contributed by atoms with Gasteiger partial charge in [-0.2, -0.15) is 0 Å². The Kier molecular flexibility index (Phi) is 3.67. The first-order valence-electron chi connectivity index (χ1n) is 7.14. The Hall–Kier alpha value is -1.18. The molecule has 2 fully saturated rings. The minimum atomic E-state index is -3.41. The number of anilines is 1. The highest BCUT2D eigenvalue weighted by atomic mass is 32.2. The second-order valence-corrected chi connectivity index (χ2v) is 8.27. The Morgan fingerprint density at radius 3 is 2.48 bits per heavy atom. The molecule has 0 aliphatic carbocycles. The number of pyridine rings is 1. The zero-order chi connectivity index (χ0) is 15.1. The summed E-state index contributed by atoms with van der Waals surface area (Å²) in [6, 6.07) is 3.22. The van der Waals surface area contributed by atoms with Crippen LogP contribution >= 0.6 is 0 Å². The number of ether oxygens (including phenoxy) is 1. The van der Waals surface area contributed by atoms with Gasteiger partial charge in [0.25, 0.3) is 0 Å². The van der Waals surface area contributed by atoms with Gasteiger partial charge in [-0.25, -0.2) is 17.7 Å². The molecule has 3 rings (SSSR count). The lowest BCUT2D eigenvalue weighted by Gasteiger charge is -2.47. The van der Waals surface area contributed by atoms with E-state index in [1.807, 2.05) is 0 Å². The highest BCUT2D eigenvalue weighted by Crippen LogP contribution is 2.39. The van der Waals surface area contributed by atoms with Gasteiger partial charge in [0.1, 0.15) is 5.82 Å². The lowest BCUT2D eigenvalue weighted by atomic mass is 9.77. The van der Waals surface area contributed by atoms with E-state index >= 15 is 0 Å². The van der Waals surface area contributed by atoms with E-state index in [9.17, 15) is 8.42 Å². The van der Waals surface area contributed by atoms with E-state index < -0.39 is 10.0 Å². The van der Waals surface area contributed by atoms with Gasteiger partial charge in [0, 0.05) is 44.9 Å². The minimum absolute atomic E-state index is 0.296. The van der Waals surface area contributed by atoms with Crippen molar-refractivity contribution in [3.8, 4) is 0 Å². The Morgan fingerprint density at radius 2 is 1.95 bits per heavy atom. The topological polar surface area (TPSA) is 62.7 Å². The van der Waals surface area contributed by atoms with Gasteiger partial charge in [-0.3, -0.25) is 0 Å². The first kappa shape index (κ1) is 14.7. The second-order valence-electron chi connectivity index (χ2n) is 6.12. The van der Waals surface area contributed by atoms with Crippen molar-refractivity contribution in [1.29, 1.82) is 0 Å². The molecule has 2 aliphatic rings. The molecule has 1 aromatic heterocycles. The van der Waals surface area contributed by atoms with Crippen molar-refractivity contribution in [2.24, 2.45) is 5.41 Å². The highest BCUT2D eigenvalue weighted by molar-refractivity contribution is 7.89. The van der Waals surface area contributed by atoms with Crippen LogP contribution in [0.1, 0.15) is 12.8 Å². The third kappa shape index (κ3) is 2.65. The predicted octanol–water partition coefficient (Wildman–Crippen LogP) is 0.949. The summed E-state index contributed by atoms with van der Waals surface area (Å²) < 4.78 is 30.9. The Balaban J connectivity index is 1.78. The fourth-order valence-corrected chi connectivity index (χ4v) is 3.74. The van der Waals surface area contributed by atoms with Crippen molar-refractivity contribution in [2.45, 2.75) is 17.7 Å². The van der Waals surface area contributed by atoms with Gasteiger partial charge in [-0.1, -0.05) is 0 Å². The molecule has 0 radical (unpaired) electrons. The fraction of sp³-hybridized carbons (Fsp3) is 0.643. The van der Waals surface area contributed by atoms with Crippen molar-refractivity contribution < 1.29 is 13.2 Å². The fourth-order valence-electron chi connectivity index (χ4n) is 2.83. The monoisotopic (exact) mass is 311 g/mol. The third-order valence-corrected chi connectivity index (χ3v) is 6.27. The quantitative estimate of drug-likeness (QED) is 0.831. The highest BCUT2D eigenvalue weighted by Gasteiger charge is 2.41. The summed E-state index contributed by atoms with van der Waals surface area (Å²) in [4.78, 5) is 6.80. The van der Waals surface area contributed by atoms with Crippen molar-refractivity contribution >= 4 is 15.8 Å². The average molecular weight is 311 g/mol. The molecule has 116 valence electrons. The molecule has 0 N–H and O–H groups in total. The minimum Gasteiger partial charge on any atom is -0.380 e. The largest absolute Gasteiger partial charge is 0.380 e. The number of rotatable bonds is 3. The molecule has 0 bridgehead atoms. The van der Waals surface area contributed by atoms with Crippen molar-refractivity contribution in [2.75, 3.05) is 45.3 Å². The maximum absolute atomic E-state index is 12.2. The van der Waals surface area contributed by atoms with Crippen LogP contribution in [0.5, 0.6) is 0 Å². The molecule has 0 amide bonds. The Morgan fingerprint density at radius 1 is 1.29 bits per heavy atom. The molecule has 0 atom stereocenters. The molecular weight excluding hydrogens is 290 g/mol. The Bertz CT molecular complexity index is 616. The Labute approximate surface area is 125 Å². The van der Waals surface area contributed by atoms with Crippen LogP contribution in [0.4, 0.5) is 5.82 Å². The van der Waals surface area contributed by atoms with Crippen molar-refractivity contribution in [3.05, 3.63) is 18.3 Å². The number of hydrogen-bond donors (Lipinski definition) is 0. The number of sulfonamides is 1. The number of hydrogen-bond acceptors (Lipinski definition) is 5. The smallest absolute Gasteiger partial charge is 0.242 e. The molecule has 6 nitrogen and oxygen atoms in total. The van der Waals surface area contributed by atoms with Crippen LogP contribution in [0, 0.1) is 5.41 Å². The van der Waals surface area contributed by atoms with Crippen molar-refractivity contribution in [1.82, 2.24) is 9.29 Å². The summed E-state index contributed by atoms with van der Waals surface area (Å²) in [6.45, 7) is 3.54. The molecule has 0 aromatic carbocycles. The lowest BCUT2D eigenvalue weighted by molar-refractivity contribution is -0.124. The van der Waals surface area contributed by atoms with Crippen LogP contribution < -0.4 is 4.90 Å². The summed E-state index contributed by atoms with van der Waals surface area (Å²) in [5.74, 6) is 0.744. The number of piperidine rings is 1. The van der Waals surface area contributed by atoms with E-state index in [-0.39, 0.29) is 0 Å². The van der Waals surface area contributed by atoms with Gasteiger partial charge in [-0.15, -0.1) is 0 Å². The van der Waals surface area contributed by atoms with E-state index in [4.69, 9.17) is 4.74 Å². The van der Waals surface area contributed by atoms with E-state index in [1.54, 1.807) is 18.3 Å². The molecule has 3 heterocycles. The number of nitrogens with zero attached hydrogens (tertiary/aromatic N) is 3. The van der Waals surface area contributed by atoms with E-state index in [0.717, 1.165) is 45.0 Å². The van der Waals surface area contributed by atoms with Gasteiger partial charge in [0.05, 0.1) is 18.1 Å². The van der Waals surface area contributed by atoms with Crippen LogP contribution in [0.2, 0.25) is 0 Å². The zero-order valence-corrected chi connectivity index (χ0v) is 13.3. The molecule has 0 saturated carbocycles. The first-order chi connectivity index (χ1) is 9.93. The summed E-state index contributed by atoms with van der Waals surface area (Å²) in [5, 5.41) is 0. The summed E-state index contributed by atoms with van der Waals surface area (Å²) in [6.07, 6.45) is 3.74. The molecular formula is C14H21N3O3S. The molecule has 1 aromatic rings. The van der Waals surface area contributed by atoms with Gasteiger partial charge in [0.15, 0.2) is 0 Å². The van der Waals surface area contributed by atoms with Crippen LogP contribution in [-0.2, 0) is 14.8 Å². The van der Waals surface area contributed by atoms with Crippen LogP contribution in [0.25, 0.3) is 0 Å². The molecule has 1 spiro atoms. The van der Waals surface area contributed by atoms with Crippen LogP contribution in [0.3, 0.4) is 0 Å². The van der Waals surface area contributed by atoms with Gasteiger partial charge >= 0.3 is 0 Å². The molecule has 21 heavy (non-hydrogen) atoms. The summed E-state index contributed by atoms with van der Waals surface area (Å²) >= 11 is 0. The van der Waals surface area contributed by atoms with Crippen LogP contribution in [0.15, 0.2) is 23.2 Å². The molecule has 2 aliphatic heterocycles.